The van der Waals surface area contributed by atoms with Crippen molar-refractivity contribution in [1.82, 2.24) is 9.55 Å². The number of carbonyl (C=O) groups excluding carboxylic acids is 1. The van der Waals surface area contributed by atoms with Crippen LogP contribution in [-0.4, -0.2) is 15.5 Å². The fraction of sp³-hybridized carbons (Fsp3) is 0.200. The van der Waals surface area contributed by atoms with Crippen LogP contribution >= 0.6 is 0 Å². The lowest BCUT2D eigenvalue weighted by atomic mass is 10.2. The third kappa shape index (κ3) is 6.31. The summed E-state index contributed by atoms with van der Waals surface area (Å²) in [4.78, 5) is 17.2. The first-order valence-electron chi connectivity index (χ1n) is 10.5. The van der Waals surface area contributed by atoms with E-state index in [1.54, 1.807) is 24.3 Å². The Kier molecular flexibility index (Phi) is 7.80. The van der Waals surface area contributed by atoms with Crippen LogP contribution in [0.2, 0.25) is 0 Å². The molecule has 0 bridgehead atoms. The molecule has 6 nitrogen and oxygen atoms in total. The van der Waals surface area contributed by atoms with E-state index in [2.05, 4.69) is 28.6 Å². The zero-order valence-electron chi connectivity index (χ0n) is 18.3. The van der Waals surface area contributed by atoms with Gasteiger partial charge in [-0.3, -0.25) is 4.79 Å². The predicted molar refractivity (Wildman–Crippen MR) is 129 cm³/mol. The second-order valence-electron chi connectivity index (χ2n) is 7.34. The van der Waals surface area contributed by atoms with E-state index in [-0.39, 0.29) is 18.1 Å². The Balaban J connectivity index is 1.78. The molecule has 4 N–H and O–H groups in total. The number of rotatable bonds is 9. The number of nitrogen functional groups attached to an aromatic ring is 1. The molecule has 7 heteroatoms. The van der Waals surface area contributed by atoms with E-state index in [1.165, 1.54) is 12.1 Å². The molecule has 0 unspecified atom stereocenters. The molecule has 0 saturated carbocycles. The standard InChI is InChI=1S/C25H28FN5O/c1-3-4-5-8-18(2)31-17-21(15-25(32)30-23-10-7-6-9-22(23)27)29-24(31)16-28-20-13-11-19(26)12-14-20/h4-14,17,28H,3,15-16,27H2,1-2H3,(H,30,32)/b5-4-,18-8+. The minimum Gasteiger partial charge on any atom is -0.397 e. The van der Waals surface area contributed by atoms with Crippen molar-refractivity contribution in [3.63, 3.8) is 0 Å². The SMILES string of the molecule is CC/C=C\C=C(/C)n1cc(CC(=O)Nc2ccccc2N)nc1CNc1ccc(F)cc1. The molecule has 32 heavy (non-hydrogen) atoms. The van der Waals surface area contributed by atoms with Crippen LogP contribution in [0.4, 0.5) is 21.5 Å². The Hall–Kier alpha value is -3.87. The maximum absolute atomic E-state index is 13.2. The number of hydrogen-bond acceptors (Lipinski definition) is 4. The van der Waals surface area contributed by atoms with E-state index in [9.17, 15) is 9.18 Å². The first kappa shape index (κ1) is 22.8. The van der Waals surface area contributed by atoms with Crippen molar-refractivity contribution >= 4 is 28.7 Å². The van der Waals surface area contributed by atoms with Crippen molar-refractivity contribution in [1.29, 1.82) is 0 Å². The highest BCUT2D eigenvalue weighted by Gasteiger charge is 2.13. The number of para-hydroxylation sites is 2. The molecule has 0 aliphatic heterocycles. The molecule has 0 atom stereocenters. The number of nitrogens with two attached hydrogens (primary N) is 1. The number of nitrogens with one attached hydrogen (secondary N) is 2. The van der Waals surface area contributed by atoms with Crippen molar-refractivity contribution in [2.45, 2.75) is 33.2 Å². The predicted octanol–water partition coefficient (Wildman–Crippen LogP) is 5.22. The van der Waals surface area contributed by atoms with Crippen LogP contribution in [0.25, 0.3) is 5.70 Å². The van der Waals surface area contributed by atoms with Crippen LogP contribution < -0.4 is 16.4 Å². The van der Waals surface area contributed by atoms with Crippen LogP contribution in [0, 0.1) is 5.82 Å². The van der Waals surface area contributed by atoms with Crippen LogP contribution in [0.3, 0.4) is 0 Å². The van der Waals surface area contributed by atoms with E-state index in [0.717, 1.165) is 23.6 Å². The molecule has 0 spiro atoms. The van der Waals surface area contributed by atoms with Gasteiger partial charge in [-0.2, -0.15) is 0 Å². The molecular formula is C25H28FN5O. The summed E-state index contributed by atoms with van der Waals surface area (Å²) in [5, 5.41) is 6.08. The molecule has 3 aromatic rings. The summed E-state index contributed by atoms with van der Waals surface area (Å²) in [5.74, 6) is 0.263. The largest absolute Gasteiger partial charge is 0.397 e. The Morgan fingerprint density at radius 3 is 2.66 bits per heavy atom. The van der Waals surface area contributed by atoms with Gasteiger partial charge in [-0.05, 0) is 55.8 Å². The lowest BCUT2D eigenvalue weighted by Gasteiger charge is -2.09. The molecule has 0 fully saturated rings. The maximum atomic E-state index is 13.2. The van der Waals surface area contributed by atoms with Crippen LogP contribution in [-0.2, 0) is 17.8 Å². The van der Waals surface area contributed by atoms with Gasteiger partial charge in [0.1, 0.15) is 11.6 Å². The van der Waals surface area contributed by atoms with Crippen molar-refractivity contribution in [2.75, 3.05) is 16.4 Å². The van der Waals surface area contributed by atoms with Gasteiger partial charge in [0.2, 0.25) is 5.91 Å². The number of carbonyl (C=O) groups is 1. The second-order valence-corrected chi connectivity index (χ2v) is 7.34. The van der Waals surface area contributed by atoms with E-state index in [0.29, 0.717) is 23.6 Å². The summed E-state index contributed by atoms with van der Waals surface area (Å²) in [5.41, 5.74) is 9.40. The second kappa shape index (κ2) is 10.9. The number of aromatic nitrogens is 2. The Morgan fingerprint density at radius 2 is 1.94 bits per heavy atom. The Bertz CT molecular complexity index is 1120. The number of hydrogen-bond donors (Lipinski definition) is 3. The number of imidazole rings is 1. The summed E-state index contributed by atoms with van der Waals surface area (Å²) in [6.45, 7) is 4.48. The van der Waals surface area contributed by atoms with Gasteiger partial charge in [-0.25, -0.2) is 9.37 Å². The maximum Gasteiger partial charge on any atom is 0.230 e. The zero-order valence-corrected chi connectivity index (χ0v) is 18.3. The van der Waals surface area contributed by atoms with E-state index < -0.39 is 0 Å². The first-order valence-corrected chi connectivity index (χ1v) is 10.5. The zero-order chi connectivity index (χ0) is 22.9. The van der Waals surface area contributed by atoms with Gasteiger partial charge in [-0.1, -0.05) is 31.2 Å². The van der Waals surface area contributed by atoms with Crippen molar-refractivity contribution in [2.24, 2.45) is 0 Å². The Labute approximate surface area is 187 Å². The summed E-state index contributed by atoms with van der Waals surface area (Å²) in [7, 11) is 0. The lowest BCUT2D eigenvalue weighted by molar-refractivity contribution is -0.115. The monoisotopic (exact) mass is 433 g/mol. The number of nitrogens with zero attached hydrogens (tertiary/aromatic N) is 2. The van der Waals surface area contributed by atoms with Gasteiger partial charge >= 0.3 is 0 Å². The van der Waals surface area contributed by atoms with Crippen LogP contribution in [0.15, 0.2) is 73.0 Å². The van der Waals surface area contributed by atoms with Gasteiger partial charge in [0, 0.05) is 17.6 Å². The normalized spacial score (nSPS) is 11.7. The van der Waals surface area contributed by atoms with Crippen molar-refractivity contribution in [3.8, 4) is 0 Å². The van der Waals surface area contributed by atoms with Gasteiger partial charge < -0.3 is 20.9 Å². The van der Waals surface area contributed by atoms with Gasteiger partial charge in [0.25, 0.3) is 0 Å². The third-order valence-electron chi connectivity index (χ3n) is 4.79. The van der Waals surface area contributed by atoms with Crippen molar-refractivity contribution in [3.05, 3.63) is 90.3 Å². The molecule has 0 aliphatic rings. The number of halogens is 1. The molecule has 0 saturated heterocycles. The molecule has 0 radical (unpaired) electrons. The first-order chi connectivity index (χ1) is 15.5. The highest BCUT2D eigenvalue weighted by atomic mass is 19.1. The summed E-state index contributed by atoms with van der Waals surface area (Å²) < 4.78 is 15.1. The fourth-order valence-corrected chi connectivity index (χ4v) is 3.13. The van der Waals surface area contributed by atoms with Gasteiger partial charge in [0.05, 0.1) is 30.0 Å². The van der Waals surface area contributed by atoms with E-state index in [1.807, 2.05) is 42.0 Å². The van der Waals surface area contributed by atoms with E-state index in [4.69, 9.17) is 5.73 Å². The van der Waals surface area contributed by atoms with Crippen molar-refractivity contribution < 1.29 is 9.18 Å². The third-order valence-corrected chi connectivity index (χ3v) is 4.79. The molecule has 3 rings (SSSR count). The highest BCUT2D eigenvalue weighted by molar-refractivity contribution is 5.94. The van der Waals surface area contributed by atoms with Gasteiger partial charge in [0.15, 0.2) is 0 Å². The smallest absolute Gasteiger partial charge is 0.230 e. The summed E-state index contributed by atoms with van der Waals surface area (Å²) in [6.07, 6.45) is 8.98. The Morgan fingerprint density at radius 1 is 1.19 bits per heavy atom. The van der Waals surface area contributed by atoms with E-state index >= 15 is 0 Å². The number of anilines is 3. The molecule has 1 aromatic heterocycles. The number of amides is 1. The van der Waals surface area contributed by atoms with Crippen LogP contribution in [0.1, 0.15) is 31.8 Å². The number of benzene rings is 2. The molecule has 1 amide bonds. The summed E-state index contributed by atoms with van der Waals surface area (Å²) >= 11 is 0. The minimum absolute atomic E-state index is 0.114. The molecule has 2 aromatic carbocycles. The minimum atomic E-state index is -0.286. The lowest BCUT2D eigenvalue weighted by Crippen LogP contribution is -2.15. The van der Waals surface area contributed by atoms with Crippen LogP contribution in [0.5, 0.6) is 0 Å². The highest BCUT2D eigenvalue weighted by Crippen LogP contribution is 2.18. The topological polar surface area (TPSA) is 85.0 Å². The molecule has 0 aliphatic carbocycles. The average Bonchev–Trinajstić information content (AvgIpc) is 3.17. The molecule has 166 valence electrons. The van der Waals surface area contributed by atoms with Gasteiger partial charge in [-0.15, -0.1) is 0 Å². The molecular weight excluding hydrogens is 405 g/mol. The number of allylic oxidation sites excluding steroid dienone is 4. The quantitative estimate of drug-likeness (QED) is 0.319. The summed E-state index contributed by atoms with van der Waals surface area (Å²) in [6, 6.07) is 13.3. The fourth-order valence-electron chi connectivity index (χ4n) is 3.13. The average molecular weight is 434 g/mol. The molecule has 1 heterocycles.